The number of unbranched alkanes of at least 4 members (excludes halogenated alkanes) is 2. The van der Waals surface area contributed by atoms with E-state index in [1.807, 2.05) is 60.7 Å². The molecule has 0 atom stereocenters. The van der Waals surface area contributed by atoms with Crippen molar-refractivity contribution in [1.82, 2.24) is 19.9 Å². The number of rotatable bonds is 7. The Morgan fingerprint density at radius 1 is 0.625 bits per heavy atom. The van der Waals surface area contributed by atoms with Crippen molar-refractivity contribution >= 4 is 23.0 Å². The van der Waals surface area contributed by atoms with Crippen LogP contribution in [0.2, 0.25) is 0 Å². The summed E-state index contributed by atoms with van der Waals surface area (Å²) in [4.78, 5) is 17.5. The Bertz CT molecular complexity index is 1010. The monoisotopic (exact) mass is 444 g/mol. The van der Waals surface area contributed by atoms with Gasteiger partial charge in [-0.1, -0.05) is 31.9 Å². The van der Waals surface area contributed by atoms with Crippen LogP contribution in [0.5, 0.6) is 0 Å². The van der Waals surface area contributed by atoms with E-state index >= 15 is 0 Å². The number of hydrogen-bond donors (Lipinski definition) is 0. The average Bonchev–Trinajstić information content (AvgIpc) is 2.88. The van der Waals surface area contributed by atoms with Gasteiger partial charge in [-0.05, 0) is 55.0 Å². The number of pyridine rings is 4. The van der Waals surface area contributed by atoms with Gasteiger partial charge in [0.15, 0.2) is 0 Å². The van der Waals surface area contributed by atoms with Crippen molar-refractivity contribution in [3.8, 4) is 22.8 Å². The van der Waals surface area contributed by atoms with Crippen molar-refractivity contribution < 1.29 is 0 Å². The molecule has 0 unspecified atom stereocenters. The summed E-state index contributed by atoms with van der Waals surface area (Å²) in [6, 6.07) is 18.7. The molecule has 162 valence electrons. The molecule has 0 amide bonds. The van der Waals surface area contributed by atoms with Crippen LogP contribution in [0.25, 0.3) is 22.8 Å². The maximum absolute atomic E-state index is 5.38. The fraction of sp³-hybridized carbons (Fsp3) is 0.200. The third-order valence-electron chi connectivity index (χ3n) is 4.39. The molecule has 0 aliphatic carbocycles. The number of azo groups is 1. The zero-order valence-corrected chi connectivity index (χ0v) is 18.7. The fourth-order valence-electron chi connectivity index (χ4n) is 2.81. The summed E-state index contributed by atoms with van der Waals surface area (Å²) in [5, 5.41) is 8.79. The van der Waals surface area contributed by atoms with Crippen LogP contribution in [0, 0.1) is 0 Å². The fourth-order valence-corrected chi connectivity index (χ4v) is 3.00. The molecule has 4 aromatic rings. The Morgan fingerprint density at radius 2 is 1.12 bits per heavy atom. The normalized spacial score (nSPS) is 10.6. The third-order valence-corrected chi connectivity index (χ3v) is 4.66. The van der Waals surface area contributed by atoms with Gasteiger partial charge < -0.3 is 0 Å². The molecule has 0 aliphatic heterocycles. The van der Waals surface area contributed by atoms with E-state index in [0.717, 1.165) is 17.3 Å². The van der Waals surface area contributed by atoms with E-state index in [-0.39, 0.29) is 0 Å². The molecule has 0 fully saturated rings. The third kappa shape index (κ3) is 6.75. The smallest absolute Gasteiger partial charge is 0.116 e. The largest absolute Gasteiger partial charge is 0.255 e. The van der Waals surface area contributed by atoms with Crippen LogP contribution >= 0.6 is 11.6 Å². The van der Waals surface area contributed by atoms with E-state index in [1.54, 1.807) is 24.8 Å². The predicted octanol–water partition coefficient (Wildman–Crippen LogP) is 7.43. The minimum absolute atomic E-state index is 0.641. The van der Waals surface area contributed by atoms with Gasteiger partial charge in [0, 0.05) is 30.7 Å². The summed E-state index contributed by atoms with van der Waals surface area (Å²) in [6.45, 7) is 2.17. The Morgan fingerprint density at radius 3 is 1.50 bits per heavy atom. The van der Waals surface area contributed by atoms with Gasteiger partial charge >= 0.3 is 0 Å². The molecule has 4 rings (SSSR count). The van der Waals surface area contributed by atoms with Crippen LogP contribution in [-0.2, 0) is 0 Å². The molecule has 0 spiro atoms. The highest BCUT2D eigenvalue weighted by molar-refractivity contribution is 6.17. The lowest BCUT2D eigenvalue weighted by atomic mass is 10.2. The first-order valence-corrected chi connectivity index (χ1v) is 11.1. The number of alkyl halides is 1. The second kappa shape index (κ2) is 13.0. The number of nitrogens with zero attached hydrogens (tertiary/aromatic N) is 6. The Kier molecular flexibility index (Phi) is 9.42. The maximum Gasteiger partial charge on any atom is 0.116 e. The van der Waals surface area contributed by atoms with Crippen LogP contribution < -0.4 is 0 Å². The summed E-state index contributed by atoms with van der Waals surface area (Å²) in [7, 11) is 0. The lowest BCUT2D eigenvalue weighted by molar-refractivity contribution is 0.776. The molecule has 0 aliphatic rings. The standard InChI is InChI=1S/C20H14N6.C5H11Cl/c1-3-11-21-15(7-1)19-17(9-5-13-23-19)25-26-18-10-6-14-24-20(18)16-8-2-4-12-22-16;1-2-3-4-5-6/h1-14H;2-5H2,1H3. The van der Waals surface area contributed by atoms with Crippen LogP contribution in [0.15, 0.2) is 95.7 Å². The molecule has 32 heavy (non-hydrogen) atoms. The molecule has 0 aromatic carbocycles. The minimum atomic E-state index is 0.641. The van der Waals surface area contributed by atoms with Gasteiger partial charge in [0.25, 0.3) is 0 Å². The zero-order valence-electron chi connectivity index (χ0n) is 18.0. The quantitative estimate of drug-likeness (QED) is 0.168. The lowest BCUT2D eigenvalue weighted by Gasteiger charge is -2.04. The summed E-state index contributed by atoms with van der Waals surface area (Å²) in [5.41, 5.74) is 4.14. The SMILES string of the molecule is CCCCCCl.c1ccc(-c2ncccc2N=Nc2cccnc2-c2ccccn2)nc1. The van der Waals surface area contributed by atoms with Crippen LogP contribution in [-0.4, -0.2) is 25.8 Å². The average molecular weight is 445 g/mol. The predicted molar refractivity (Wildman–Crippen MR) is 129 cm³/mol. The molecule has 0 N–H and O–H groups in total. The molecule has 0 saturated heterocycles. The van der Waals surface area contributed by atoms with Gasteiger partial charge in [-0.3, -0.25) is 19.9 Å². The number of halogens is 1. The van der Waals surface area contributed by atoms with E-state index < -0.39 is 0 Å². The van der Waals surface area contributed by atoms with Crippen molar-refractivity contribution in [3.63, 3.8) is 0 Å². The van der Waals surface area contributed by atoms with E-state index in [0.29, 0.717) is 22.8 Å². The van der Waals surface area contributed by atoms with Crippen LogP contribution in [0.4, 0.5) is 11.4 Å². The van der Waals surface area contributed by atoms with E-state index in [2.05, 4.69) is 37.1 Å². The summed E-state index contributed by atoms with van der Waals surface area (Å²) in [6.07, 6.45) is 10.6. The summed E-state index contributed by atoms with van der Waals surface area (Å²) >= 11 is 5.38. The van der Waals surface area contributed by atoms with Gasteiger partial charge in [-0.25, -0.2) is 0 Å². The van der Waals surface area contributed by atoms with Crippen molar-refractivity contribution in [2.24, 2.45) is 10.2 Å². The lowest BCUT2D eigenvalue weighted by Crippen LogP contribution is -1.87. The first kappa shape index (κ1) is 23.2. The van der Waals surface area contributed by atoms with Gasteiger partial charge in [0.05, 0.1) is 11.4 Å². The van der Waals surface area contributed by atoms with Gasteiger partial charge in [0.2, 0.25) is 0 Å². The van der Waals surface area contributed by atoms with Gasteiger partial charge in [-0.15, -0.1) is 21.8 Å². The van der Waals surface area contributed by atoms with Crippen LogP contribution in [0.3, 0.4) is 0 Å². The van der Waals surface area contributed by atoms with Crippen LogP contribution in [0.1, 0.15) is 26.2 Å². The summed E-state index contributed by atoms with van der Waals surface area (Å²) in [5.74, 6) is 0.827. The first-order chi connectivity index (χ1) is 15.8. The van der Waals surface area contributed by atoms with Gasteiger partial charge in [-0.2, -0.15) is 0 Å². The summed E-state index contributed by atoms with van der Waals surface area (Å²) < 4.78 is 0. The Labute approximate surface area is 193 Å². The van der Waals surface area contributed by atoms with Gasteiger partial charge in [0.1, 0.15) is 22.8 Å². The maximum atomic E-state index is 5.38. The van der Waals surface area contributed by atoms with E-state index in [4.69, 9.17) is 11.6 Å². The van der Waals surface area contributed by atoms with Crippen molar-refractivity contribution in [1.29, 1.82) is 0 Å². The number of aromatic nitrogens is 4. The second-order valence-corrected chi connectivity index (χ2v) is 7.15. The zero-order chi connectivity index (χ0) is 22.4. The number of hydrogen-bond acceptors (Lipinski definition) is 6. The highest BCUT2D eigenvalue weighted by Gasteiger charge is 2.09. The van der Waals surface area contributed by atoms with E-state index in [1.165, 1.54) is 19.3 Å². The highest BCUT2D eigenvalue weighted by atomic mass is 35.5. The molecule has 4 aromatic heterocycles. The Balaban J connectivity index is 0.000000427. The highest BCUT2D eigenvalue weighted by Crippen LogP contribution is 2.31. The molecule has 7 heteroatoms. The molecular formula is C25H25ClN6. The second-order valence-electron chi connectivity index (χ2n) is 6.77. The topological polar surface area (TPSA) is 76.3 Å². The van der Waals surface area contributed by atoms with Crippen molar-refractivity contribution in [2.75, 3.05) is 5.88 Å². The molecule has 0 bridgehead atoms. The van der Waals surface area contributed by atoms with Crippen molar-refractivity contribution in [3.05, 3.63) is 85.5 Å². The molecule has 0 radical (unpaired) electrons. The van der Waals surface area contributed by atoms with Crippen molar-refractivity contribution in [2.45, 2.75) is 26.2 Å². The molecular weight excluding hydrogens is 420 g/mol. The van der Waals surface area contributed by atoms with E-state index in [9.17, 15) is 0 Å². The minimum Gasteiger partial charge on any atom is -0.255 e. The molecule has 6 nitrogen and oxygen atoms in total. The molecule has 0 saturated carbocycles. The first-order valence-electron chi connectivity index (χ1n) is 10.5. The molecule has 4 heterocycles. The Hall–Kier alpha value is -3.51.